The van der Waals surface area contributed by atoms with Crippen molar-refractivity contribution in [3.63, 3.8) is 0 Å². The molecule has 1 fully saturated rings. The number of carbonyl (C=O) groups is 2. The van der Waals surface area contributed by atoms with E-state index in [2.05, 4.69) is 5.32 Å². The van der Waals surface area contributed by atoms with E-state index in [-0.39, 0.29) is 23.8 Å². The van der Waals surface area contributed by atoms with Crippen LogP contribution in [0.4, 0.5) is 5.69 Å². The van der Waals surface area contributed by atoms with Crippen molar-refractivity contribution in [2.45, 2.75) is 51.6 Å². The molecule has 6 nitrogen and oxygen atoms in total. The summed E-state index contributed by atoms with van der Waals surface area (Å²) in [6.07, 6.45) is 5.13. The fraction of sp³-hybridized carbons (Fsp3) is 0.355. The number of anilines is 1. The highest BCUT2D eigenvalue weighted by atomic mass is 35.5. The summed E-state index contributed by atoms with van der Waals surface area (Å²) >= 11 is 5.95. The summed E-state index contributed by atoms with van der Waals surface area (Å²) in [5, 5.41) is 4.10. The molecule has 0 radical (unpaired) electrons. The van der Waals surface area contributed by atoms with Crippen LogP contribution in [0, 0.1) is 5.92 Å². The van der Waals surface area contributed by atoms with Gasteiger partial charge in [-0.1, -0.05) is 55.1 Å². The van der Waals surface area contributed by atoms with E-state index in [1.807, 2.05) is 48.5 Å². The maximum absolute atomic E-state index is 13.4. The molecule has 200 valence electrons. The number of rotatable bonds is 11. The second-order valence-electron chi connectivity index (χ2n) is 9.40. The number of esters is 2. The fourth-order valence-corrected chi connectivity index (χ4v) is 4.80. The van der Waals surface area contributed by atoms with E-state index in [4.69, 9.17) is 25.8 Å². The molecular formula is C31H34ClNO5. The molecule has 1 aliphatic rings. The third kappa shape index (κ3) is 7.75. The van der Waals surface area contributed by atoms with Crippen molar-refractivity contribution in [2.24, 2.45) is 5.92 Å². The first-order chi connectivity index (χ1) is 18.5. The fourth-order valence-electron chi connectivity index (χ4n) is 4.67. The van der Waals surface area contributed by atoms with Gasteiger partial charge >= 0.3 is 11.9 Å². The number of hydrogen-bond donors (Lipinski definition) is 1. The van der Waals surface area contributed by atoms with Crippen molar-refractivity contribution in [1.82, 2.24) is 0 Å². The molecule has 38 heavy (non-hydrogen) atoms. The van der Waals surface area contributed by atoms with E-state index in [9.17, 15) is 9.59 Å². The lowest BCUT2D eigenvalue weighted by molar-refractivity contribution is -0.145. The van der Waals surface area contributed by atoms with Gasteiger partial charge in [-0.2, -0.15) is 0 Å². The van der Waals surface area contributed by atoms with Crippen LogP contribution in [-0.2, 0) is 16.0 Å². The monoisotopic (exact) mass is 535 g/mol. The molecule has 1 saturated carbocycles. The Hall–Kier alpha value is -3.51. The molecule has 3 aromatic carbocycles. The Kier molecular flexibility index (Phi) is 10.0. The van der Waals surface area contributed by atoms with Crippen LogP contribution in [0.5, 0.6) is 11.5 Å². The summed E-state index contributed by atoms with van der Waals surface area (Å²) in [7, 11) is 0. The molecule has 0 heterocycles. The molecule has 1 atom stereocenters. The molecule has 0 spiro atoms. The summed E-state index contributed by atoms with van der Waals surface area (Å²) in [6, 6.07) is 22.1. The van der Waals surface area contributed by atoms with Gasteiger partial charge in [0.15, 0.2) is 6.10 Å². The zero-order valence-electron chi connectivity index (χ0n) is 21.7. The van der Waals surface area contributed by atoms with Gasteiger partial charge < -0.3 is 19.5 Å². The molecule has 0 saturated heterocycles. The van der Waals surface area contributed by atoms with Gasteiger partial charge in [-0.15, -0.1) is 0 Å². The summed E-state index contributed by atoms with van der Waals surface area (Å²) in [5.41, 5.74) is 2.40. The van der Waals surface area contributed by atoms with Gasteiger partial charge in [-0.25, -0.2) is 9.59 Å². The van der Waals surface area contributed by atoms with E-state index in [0.29, 0.717) is 10.8 Å². The van der Waals surface area contributed by atoms with Gasteiger partial charge in [0.1, 0.15) is 17.1 Å². The van der Waals surface area contributed by atoms with E-state index in [0.717, 1.165) is 56.3 Å². The quantitative estimate of drug-likeness (QED) is 0.208. The highest BCUT2D eigenvalue weighted by Crippen LogP contribution is 2.31. The normalized spacial score (nSPS) is 14.4. The number of hydrogen-bond acceptors (Lipinski definition) is 6. The standard InChI is InChI=1S/C31H34ClNO5/c1-2-36-30(34)27-10-6-7-11-28(27)38-31(35)29(23-8-4-3-5-9-23)37-26-18-12-22(13-19-26)20-21-33-25-16-14-24(32)15-17-25/h6-7,10-19,23,29,33H,2-5,8-9,20-21H2,1H3. The van der Waals surface area contributed by atoms with Gasteiger partial charge in [-0.3, -0.25) is 0 Å². The Balaban J connectivity index is 1.41. The zero-order valence-corrected chi connectivity index (χ0v) is 22.4. The molecule has 1 N–H and O–H groups in total. The summed E-state index contributed by atoms with van der Waals surface area (Å²) in [6.45, 7) is 2.75. The largest absolute Gasteiger partial charge is 0.478 e. The van der Waals surface area contributed by atoms with Crippen LogP contribution in [0.25, 0.3) is 0 Å². The SMILES string of the molecule is CCOC(=O)c1ccccc1OC(=O)C(Oc1ccc(CCNc2ccc(Cl)cc2)cc1)C1CCCCC1. The van der Waals surface area contributed by atoms with Gasteiger partial charge in [0.25, 0.3) is 0 Å². The highest BCUT2D eigenvalue weighted by Gasteiger charge is 2.34. The highest BCUT2D eigenvalue weighted by molar-refractivity contribution is 6.30. The number of halogens is 1. The Morgan fingerprint density at radius 2 is 1.66 bits per heavy atom. The average molecular weight is 536 g/mol. The van der Waals surface area contributed by atoms with Crippen molar-refractivity contribution in [2.75, 3.05) is 18.5 Å². The molecule has 0 aliphatic heterocycles. The van der Waals surface area contributed by atoms with Crippen LogP contribution in [0.3, 0.4) is 0 Å². The lowest BCUT2D eigenvalue weighted by atomic mass is 9.85. The zero-order chi connectivity index (χ0) is 26.7. The third-order valence-corrected chi connectivity index (χ3v) is 6.93. The predicted octanol–water partition coefficient (Wildman–Crippen LogP) is 7.10. The molecule has 7 heteroatoms. The Labute approximate surface area is 229 Å². The molecule has 4 rings (SSSR count). The third-order valence-electron chi connectivity index (χ3n) is 6.68. The molecule has 0 bridgehead atoms. The van der Waals surface area contributed by atoms with Gasteiger partial charge in [0.2, 0.25) is 0 Å². The number of nitrogens with one attached hydrogen (secondary N) is 1. The first-order valence-electron chi connectivity index (χ1n) is 13.3. The van der Waals surface area contributed by atoms with Gasteiger partial charge in [-0.05, 0) is 80.3 Å². The number of ether oxygens (including phenoxy) is 3. The number of carbonyl (C=O) groups excluding carboxylic acids is 2. The number of para-hydroxylation sites is 1. The summed E-state index contributed by atoms with van der Waals surface area (Å²) in [4.78, 5) is 25.8. The Morgan fingerprint density at radius 3 is 2.37 bits per heavy atom. The van der Waals surface area contributed by atoms with E-state index in [1.54, 1.807) is 31.2 Å². The minimum Gasteiger partial charge on any atom is -0.478 e. The number of benzene rings is 3. The molecule has 0 amide bonds. The lowest BCUT2D eigenvalue weighted by Gasteiger charge is -2.29. The summed E-state index contributed by atoms with van der Waals surface area (Å²) in [5.74, 6) is -0.166. The smallest absolute Gasteiger partial charge is 0.353 e. The maximum Gasteiger partial charge on any atom is 0.353 e. The Morgan fingerprint density at radius 1 is 0.947 bits per heavy atom. The lowest BCUT2D eigenvalue weighted by Crippen LogP contribution is -2.39. The van der Waals surface area contributed by atoms with Crippen LogP contribution >= 0.6 is 11.6 Å². The van der Waals surface area contributed by atoms with Gasteiger partial charge in [0, 0.05) is 23.2 Å². The van der Waals surface area contributed by atoms with Crippen LogP contribution in [0.15, 0.2) is 72.8 Å². The van der Waals surface area contributed by atoms with E-state index < -0.39 is 18.0 Å². The van der Waals surface area contributed by atoms with Crippen molar-refractivity contribution in [3.05, 3.63) is 88.9 Å². The van der Waals surface area contributed by atoms with Crippen molar-refractivity contribution in [3.8, 4) is 11.5 Å². The van der Waals surface area contributed by atoms with Crippen LogP contribution in [0.1, 0.15) is 54.9 Å². The van der Waals surface area contributed by atoms with Crippen molar-refractivity contribution < 1.29 is 23.8 Å². The molecule has 1 unspecified atom stereocenters. The van der Waals surface area contributed by atoms with Crippen LogP contribution < -0.4 is 14.8 Å². The van der Waals surface area contributed by atoms with Crippen molar-refractivity contribution >= 4 is 29.2 Å². The molecule has 3 aromatic rings. The minimum absolute atomic E-state index is 0.0502. The topological polar surface area (TPSA) is 73.9 Å². The molecular weight excluding hydrogens is 502 g/mol. The first-order valence-corrected chi connectivity index (χ1v) is 13.6. The van der Waals surface area contributed by atoms with Crippen LogP contribution in [-0.4, -0.2) is 31.2 Å². The van der Waals surface area contributed by atoms with Crippen LogP contribution in [0.2, 0.25) is 5.02 Å². The maximum atomic E-state index is 13.4. The second-order valence-corrected chi connectivity index (χ2v) is 9.84. The van der Waals surface area contributed by atoms with E-state index >= 15 is 0 Å². The van der Waals surface area contributed by atoms with E-state index in [1.165, 1.54) is 0 Å². The summed E-state index contributed by atoms with van der Waals surface area (Å²) < 4.78 is 17.1. The molecule has 1 aliphatic carbocycles. The predicted molar refractivity (Wildman–Crippen MR) is 149 cm³/mol. The van der Waals surface area contributed by atoms with Gasteiger partial charge in [0.05, 0.1) is 6.61 Å². The Bertz CT molecular complexity index is 1190. The average Bonchev–Trinajstić information content (AvgIpc) is 2.94. The molecule has 0 aromatic heterocycles. The first kappa shape index (κ1) is 27.5. The minimum atomic E-state index is -0.761. The second kappa shape index (κ2) is 13.9. The van der Waals surface area contributed by atoms with Crippen molar-refractivity contribution in [1.29, 1.82) is 0 Å².